The van der Waals surface area contributed by atoms with E-state index in [0.717, 1.165) is 0 Å². The van der Waals surface area contributed by atoms with Crippen molar-refractivity contribution in [1.29, 1.82) is 0 Å². The zero-order valence-electron chi connectivity index (χ0n) is 8.04. The van der Waals surface area contributed by atoms with Gasteiger partial charge in [0.1, 0.15) is 5.78 Å². The Kier molecular flexibility index (Phi) is 5.62. The summed E-state index contributed by atoms with van der Waals surface area (Å²) in [5.74, 6) is 2.45. The fourth-order valence-corrected chi connectivity index (χ4v) is 1.06. The van der Waals surface area contributed by atoms with E-state index in [-0.39, 0.29) is 17.6 Å². The van der Waals surface area contributed by atoms with Crippen LogP contribution in [0.25, 0.3) is 0 Å². The van der Waals surface area contributed by atoms with Crippen molar-refractivity contribution in [3.05, 3.63) is 0 Å². The number of amides is 1. The van der Waals surface area contributed by atoms with E-state index < -0.39 is 0 Å². The van der Waals surface area contributed by atoms with Crippen LogP contribution in [-0.2, 0) is 9.59 Å². The predicted octanol–water partition coefficient (Wildman–Crippen LogP) is 0.597. The molecule has 0 aromatic carbocycles. The second-order valence-electron chi connectivity index (χ2n) is 3.03. The molecule has 0 aliphatic heterocycles. The number of rotatable bonds is 6. The van der Waals surface area contributed by atoms with E-state index in [1.54, 1.807) is 0 Å². The molecular weight excluding hydrogens is 166 g/mol. The third-order valence-electron chi connectivity index (χ3n) is 2.14. The van der Waals surface area contributed by atoms with Crippen LogP contribution in [0.5, 0.6) is 0 Å². The van der Waals surface area contributed by atoms with Crippen molar-refractivity contribution in [2.24, 2.45) is 11.8 Å². The van der Waals surface area contributed by atoms with Gasteiger partial charge in [0, 0.05) is 18.4 Å². The minimum atomic E-state index is -0.126. The van der Waals surface area contributed by atoms with Gasteiger partial charge < -0.3 is 5.32 Å². The molecule has 0 saturated heterocycles. The van der Waals surface area contributed by atoms with Crippen molar-refractivity contribution in [3.8, 4) is 12.3 Å². The Hall–Kier alpha value is -1.30. The number of carbonyl (C=O) groups excluding carboxylic acids is 2. The maximum absolute atomic E-state index is 11.0. The van der Waals surface area contributed by atoms with Crippen molar-refractivity contribution in [1.82, 2.24) is 5.32 Å². The van der Waals surface area contributed by atoms with Gasteiger partial charge in [-0.2, -0.15) is 0 Å². The van der Waals surface area contributed by atoms with Gasteiger partial charge in [0.2, 0.25) is 6.41 Å². The highest BCUT2D eigenvalue weighted by molar-refractivity contribution is 5.78. The van der Waals surface area contributed by atoms with Gasteiger partial charge in [-0.25, -0.2) is 0 Å². The second-order valence-corrected chi connectivity index (χ2v) is 3.03. The van der Waals surface area contributed by atoms with Gasteiger partial charge in [-0.05, 0) is 13.3 Å². The van der Waals surface area contributed by atoms with E-state index in [9.17, 15) is 9.59 Å². The second kappa shape index (κ2) is 6.24. The topological polar surface area (TPSA) is 46.2 Å². The lowest BCUT2D eigenvalue weighted by molar-refractivity contribution is -0.121. The molecular formula is C10H15NO2. The molecule has 0 aliphatic rings. The Morgan fingerprint density at radius 2 is 2.31 bits per heavy atom. The molecule has 0 saturated carbocycles. The first-order valence-corrected chi connectivity index (χ1v) is 4.27. The Morgan fingerprint density at radius 3 is 2.69 bits per heavy atom. The first-order chi connectivity index (χ1) is 6.13. The zero-order valence-corrected chi connectivity index (χ0v) is 8.04. The first kappa shape index (κ1) is 11.7. The van der Waals surface area contributed by atoms with Crippen LogP contribution in [0.15, 0.2) is 0 Å². The van der Waals surface area contributed by atoms with Gasteiger partial charge in [0.05, 0.1) is 0 Å². The number of nitrogens with one attached hydrogen (secondary N) is 1. The molecule has 0 spiro atoms. The van der Waals surface area contributed by atoms with Crippen LogP contribution < -0.4 is 5.32 Å². The van der Waals surface area contributed by atoms with Gasteiger partial charge in [-0.15, -0.1) is 12.3 Å². The van der Waals surface area contributed by atoms with E-state index in [1.807, 2.05) is 6.92 Å². The van der Waals surface area contributed by atoms with Crippen LogP contribution in [0.1, 0.15) is 20.3 Å². The Morgan fingerprint density at radius 1 is 1.69 bits per heavy atom. The standard InChI is InChI=1S/C10H15NO2/c1-4-10(5-6-11-7-12)8(2)9(3)13/h1,7-8,10H,5-6H2,2-3H3,(H,11,12). The average molecular weight is 181 g/mol. The molecule has 1 amide bonds. The zero-order chi connectivity index (χ0) is 10.3. The lowest BCUT2D eigenvalue weighted by Crippen LogP contribution is -2.22. The summed E-state index contributed by atoms with van der Waals surface area (Å²) in [4.78, 5) is 20.9. The molecule has 13 heavy (non-hydrogen) atoms. The van der Waals surface area contributed by atoms with Crippen LogP contribution in [0.4, 0.5) is 0 Å². The van der Waals surface area contributed by atoms with Crippen molar-refractivity contribution in [2.75, 3.05) is 6.54 Å². The minimum Gasteiger partial charge on any atom is -0.359 e. The van der Waals surface area contributed by atoms with Crippen molar-refractivity contribution < 1.29 is 9.59 Å². The van der Waals surface area contributed by atoms with Gasteiger partial charge >= 0.3 is 0 Å². The lowest BCUT2D eigenvalue weighted by Gasteiger charge is -2.15. The summed E-state index contributed by atoms with van der Waals surface area (Å²) in [6.45, 7) is 3.87. The Balaban J connectivity index is 3.96. The van der Waals surface area contributed by atoms with Gasteiger partial charge in [0.15, 0.2) is 0 Å². The lowest BCUT2D eigenvalue weighted by atomic mass is 9.89. The van der Waals surface area contributed by atoms with Crippen molar-refractivity contribution >= 4 is 12.2 Å². The molecule has 0 radical (unpaired) electrons. The van der Waals surface area contributed by atoms with Crippen LogP contribution in [0, 0.1) is 24.2 Å². The molecule has 2 atom stereocenters. The van der Waals surface area contributed by atoms with Crippen molar-refractivity contribution in [2.45, 2.75) is 20.3 Å². The highest BCUT2D eigenvalue weighted by Gasteiger charge is 2.18. The van der Waals surface area contributed by atoms with E-state index in [0.29, 0.717) is 19.4 Å². The highest BCUT2D eigenvalue weighted by atomic mass is 16.1. The number of hydrogen-bond acceptors (Lipinski definition) is 2. The molecule has 0 fully saturated rings. The molecule has 0 heterocycles. The molecule has 3 heteroatoms. The molecule has 0 rings (SSSR count). The van der Waals surface area contributed by atoms with E-state index in [1.165, 1.54) is 6.92 Å². The van der Waals surface area contributed by atoms with Crippen LogP contribution in [-0.4, -0.2) is 18.7 Å². The Bertz CT molecular complexity index is 217. The molecule has 72 valence electrons. The minimum absolute atomic E-state index is 0.0788. The maximum Gasteiger partial charge on any atom is 0.207 e. The molecule has 1 N–H and O–H groups in total. The van der Waals surface area contributed by atoms with Crippen LogP contribution in [0.3, 0.4) is 0 Å². The van der Waals surface area contributed by atoms with E-state index >= 15 is 0 Å². The summed E-state index contributed by atoms with van der Waals surface area (Å²) < 4.78 is 0. The molecule has 0 aromatic rings. The summed E-state index contributed by atoms with van der Waals surface area (Å²) in [7, 11) is 0. The largest absolute Gasteiger partial charge is 0.359 e. The monoisotopic (exact) mass is 181 g/mol. The van der Waals surface area contributed by atoms with Crippen LogP contribution >= 0.6 is 0 Å². The predicted molar refractivity (Wildman–Crippen MR) is 50.9 cm³/mol. The summed E-state index contributed by atoms with van der Waals surface area (Å²) >= 11 is 0. The smallest absolute Gasteiger partial charge is 0.207 e. The number of carbonyl (C=O) groups is 2. The molecule has 2 unspecified atom stereocenters. The summed E-state index contributed by atoms with van der Waals surface area (Å²) in [5, 5.41) is 2.52. The van der Waals surface area contributed by atoms with Crippen molar-refractivity contribution in [3.63, 3.8) is 0 Å². The van der Waals surface area contributed by atoms with E-state index in [4.69, 9.17) is 6.42 Å². The summed E-state index contributed by atoms with van der Waals surface area (Å²) in [6, 6.07) is 0. The number of hydrogen-bond donors (Lipinski definition) is 1. The normalized spacial score (nSPS) is 13.9. The fraction of sp³-hybridized carbons (Fsp3) is 0.600. The van der Waals surface area contributed by atoms with Gasteiger partial charge in [0.25, 0.3) is 0 Å². The quantitative estimate of drug-likeness (QED) is 0.370. The summed E-state index contributed by atoms with van der Waals surface area (Å²) in [6.07, 6.45) is 6.56. The molecule has 0 aliphatic carbocycles. The summed E-state index contributed by atoms with van der Waals surface area (Å²) in [5.41, 5.74) is 0. The molecule has 0 bridgehead atoms. The highest BCUT2D eigenvalue weighted by Crippen LogP contribution is 2.14. The van der Waals surface area contributed by atoms with Gasteiger partial charge in [-0.3, -0.25) is 9.59 Å². The number of terminal acetylenes is 1. The molecule has 0 aromatic heterocycles. The number of ketones is 1. The fourth-order valence-electron chi connectivity index (χ4n) is 1.06. The first-order valence-electron chi connectivity index (χ1n) is 4.27. The van der Waals surface area contributed by atoms with E-state index in [2.05, 4.69) is 11.2 Å². The maximum atomic E-state index is 11.0. The SMILES string of the molecule is C#CC(CCNC=O)C(C)C(C)=O. The number of Topliss-reactive ketones (excluding diaryl/α,β-unsaturated/α-hetero) is 1. The average Bonchev–Trinajstić information content (AvgIpc) is 2.11. The molecule has 3 nitrogen and oxygen atoms in total. The Labute approximate surface area is 78.9 Å². The van der Waals surface area contributed by atoms with Gasteiger partial charge in [-0.1, -0.05) is 6.92 Å². The van der Waals surface area contributed by atoms with Crippen LogP contribution in [0.2, 0.25) is 0 Å². The third kappa shape index (κ3) is 4.32. The third-order valence-corrected chi connectivity index (χ3v) is 2.14.